The van der Waals surface area contributed by atoms with Crippen molar-refractivity contribution >= 4 is 15.9 Å². The van der Waals surface area contributed by atoms with Crippen LogP contribution in [0, 0.1) is 0 Å². The van der Waals surface area contributed by atoms with Crippen LogP contribution in [0.4, 0.5) is 83.4 Å². The average molecular weight is 549 g/mol. The second-order valence-electron chi connectivity index (χ2n) is 5.02. The second-order valence-corrected chi connectivity index (χ2v) is 6.11. The van der Waals surface area contributed by atoms with Crippen LogP contribution in [0.15, 0.2) is 0 Å². The Morgan fingerprint density at radius 3 is 0.690 bits per heavy atom. The Morgan fingerprint density at radius 1 is 0.276 bits per heavy atom. The van der Waals surface area contributed by atoms with Gasteiger partial charge in [-0.05, 0) is 15.9 Å². The van der Waals surface area contributed by atoms with Gasteiger partial charge in [0, 0.05) is 0 Å². The van der Waals surface area contributed by atoms with Crippen molar-refractivity contribution in [3.63, 3.8) is 0 Å². The van der Waals surface area contributed by atoms with E-state index in [1.54, 1.807) is 0 Å². The van der Waals surface area contributed by atoms with Crippen molar-refractivity contribution in [2.24, 2.45) is 0 Å². The van der Waals surface area contributed by atoms with Gasteiger partial charge in [0.05, 0.1) is 0 Å². The van der Waals surface area contributed by atoms with Gasteiger partial charge in [-0.2, -0.15) is 79.0 Å². The molecule has 0 N–H and O–H groups in total. The van der Waals surface area contributed by atoms with Gasteiger partial charge in [-0.3, -0.25) is 0 Å². The summed E-state index contributed by atoms with van der Waals surface area (Å²) in [7, 11) is 0. The summed E-state index contributed by atoms with van der Waals surface area (Å²) >= 11 is 0.125. The third-order valence-corrected chi connectivity index (χ3v) is 4.03. The smallest absolute Gasteiger partial charge is 0.214 e. The van der Waals surface area contributed by atoms with E-state index in [-0.39, 0.29) is 15.9 Å². The average Bonchev–Trinajstić information content (AvgIpc) is 2.43. The molecule has 0 rings (SSSR count). The Bertz CT molecular complexity index is 554. The standard InChI is InChI=1S/C9BrF19/c10-1(11,8(24,25)26)2(12,13)3(14,15)4(16,17)5(18,19)6(20,21)7(22,23)9(27,28)29. The first kappa shape index (κ1) is 28.1. The molecule has 29 heavy (non-hydrogen) atoms. The van der Waals surface area contributed by atoms with Gasteiger partial charge in [-0.25, -0.2) is 4.39 Å². The zero-order valence-corrected chi connectivity index (χ0v) is 13.6. The summed E-state index contributed by atoms with van der Waals surface area (Å²) in [6.45, 7) is 0. The van der Waals surface area contributed by atoms with Crippen LogP contribution in [0.5, 0.6) is 0 Å². The Hall–Kier alpha value is -0.850. The molecule has 0 heterocycles. The minimum atomic E-state index is -8.81. The van der Waals surface area contributed by atoms with Crippen LogP contribution in [0.3, 0.4) is 0 Å². The maximum absolute atomic E-state index is 13.1. The quantitative estimate of drug-likeness (QED) is 0.248. The molecule has 176 valence electrons. The summed E-state index contributed by atoms with van der Waals surface area (Å²) < 4.78 is 232. The van der Waals surface area contributed by atoms with E-state index >= 15 is 0 Å². The van der Waals surface area contributed by atoms with Gasteiger partial charge in [-0.15, -0.1) is 0 Å². The van der Waals surface area contributed by atoms with Crippen molar-refractivity contribution < 1.29 is 83.4 Å². The zero-order valence-electron chi connectivity index (χ0n) is 12.1. The van der Waals surface area contributed by atoms with Crippen LogP contribution in [-0.4, -0.2) is 52.5 Å². The molecule has 0 aliphatic carbocycles. The zero-order chi connectivity index (χ0) is 24.5. The predicted octanol–water partition coefficient (Wildman–Crippen LogP) is 6.98. The molecule has 0 fully saturated rings. The van der Waals surface area contributed by atoms with E-state index in [4.69, 9.17) is 0 Å². The SMILES string of the molecule is FC(F)(F)C(F)(F)C(F)(F)C(F)(F)C(F)(F)C(F)(F)C(F)(F)C(F)(Br)C(F)(F)F. The van der Waals surface area contributed by atoms with Crippen molar-refractivity contribution in [2.45, 2.75) is 52.5 Å². The molecular formula is C9BrF19. The minimum absolute atomic E-state index is 0.125. The summed E-state index contributed by atoms with van der Waals surface area (Å²) in [6.07, 6.45) is -15.2. The first-order chi connectivity index (χ1) is 12.0. The van der Waals surface area contributed by atoms with E-state index in [0.29, 0.717) is 0 Å². The number of halogens is 20. The van der Waals surface area contributed by atoms with Crippen molar-refractivity contribution in [3.05, 3.63) is 0 Å². The Morgan fingerprint density at radius 2 is 0.483 bits per heavy atom. The Kier molecular flexibility index (Phi) is 6.38. The lowest BCUT2D eigenvalue weighted by Crippen LogP contribution is -2.75. The molecule has 0 nitrogen and oxygen atoms in total. The number of hydrogen-bond acceptors (Lipinski definition) is 0. The predicted molar refractivity (Wildman–Crippen MR) is 54.6 cm³/mol. The van der Waals surface area contributed by atoms with Crippen molar-refractivity contribution in [1.29, 1.82) is 0 Å². The fourth-order valence-corrected chi connectivity index (χ4v) is 1.59. The normalized spacial score (nSPS) is 18.6. The molecule has 1 unspecified atom stereocenters. The largest absolute Gasteiger partial charge is 0.460 e. The van der Waals surface area contributed by atoms with Crippen molar-refractivity contribution in [2.75, 3.05) is 0 Å². The van der Waals surface area contributed by atoms with Crippen LogP contribution in [-0.2, 0) is 0 Å². The molecule has 0 saturated heterocycles. The summed E-state index contributed by atoms with van der Waals surface area (Å²) in [6, 6.07) is 0. The van der Waals surface area contributed by atoms with Crippen molar-refractivity contribution in [3.8, 4) is 0 Å². The lowest BCUT2D eigenvalue weighted by Gasteiger charge is -2.43. The fraction of sp³-hybridized carbons (Fsp3) is 1.00. The molecule has 0 aromatic carbocycles. The third kappa shape index (κ3) is 3.39. The molecular weight excluding hydrogens is 549 g/mol. The summed E-state index contributed by atoms with van der Waals surface area (Å²) in [4.78, 5) is 0. The van der Waals surface area contributed by atoms with Crippen LogP contribution in [0.2, 0.25) is 0 Å². The molecule has 0 aliphatic heterocycles. The molecule has 0 aromatic heterocycles. The van der Waals surface area contributed by atoms with Gasteiger partial charge in [0.15, 0.2) is 0 Å². The maximum Gasteiger partial charge on any atom is 0.460 e. The van der Waals surface area contributed by atoms with Crippen LogP contribution < -0.4 is 0 Å². The first-order valence-electron chi connectivity index (χ1n) is 5.78. The number of hydrogen-bond donors (Lipinski definition) is 0. The molecule has 0 spiro atoms. The second kappa shape index (κ2) is 6.57. The maximum atomic E-state index is 13.1. The van der Waals surface area contributed by atoms with Crippen LogP contribution in [0.1, 0.15) is 0 Å². The molecule has 0 bridgehead atoms. The topological polar surface area (TPSA) is 0 Å². The minimum Gasteiger partial charge on any atom is -0.214 e. The van der Waals surface area contributed by atoms with E-state index in [2.05, 4.69) is 0 Å². The van der Waals surface area contributed by atoms with Gasteiger partial charge in [0.2, 0.25) is 0 Å². The Labute approximate surface area is 153 Å². The molecule has 20 heteroatoms. The highest BCUT2D eigenvalue weighted by molar-refractivity contribution is 9.10. The van der Waals surface area contributed by atoms with Gasteiger partial charge >= 0.3 is 52.5 Å². The highest BCUT2D eigenvalue weighted by atomic mass is 79.9. The third-order valence-electron chi connectivity index (χ3n) is 3.08. The molecule has 0 aromatic rings. The number of alkyl halides is 20. The van der Waals surface area contributed by atoms with E-state index in [1.807, 2.05) is 0 Å². The van der Waals surface area contributed by atoms with E-state index in [1.165, 1.54) is 0 Å². The number of rotatable bonds is 6. The van der Waals surface area contributed by atoms with Gasteiger partial charge in [-0.1, -0.05) is 0 Å². The highest BCUT2D eigenvalue weighted by Gasteiger charge is 2.96. The summed E-state index contributed by atoms with van der Waals surface area (Å²) in [5.41, 5.74) is 0. The molecule has 0 radical (unpaired) electrons. The van der Waals surface area contributed by atoms with Crippen molar-refractivity contribution in [1.82, 2.24) is 0 Å². The summed E-state index contributed by atoms with van der Waals surface area (Å²) in [5, 5.41) is 0. The van der Waals surface area contributed by atoms with E-state index < -0.39 is 52.5 Å². The Balaban J connectivity index is 6.82. The summed E-state index contributed by atoms with van der Waals surface area (Å²) in [5.74, 6) is -51.3. The van der Waals surface area contributed by atoms with Crippen LogP contribution in [0.25, 0.3) is 0 Å². The molecule has 0 amide bonds. The van der Waals surface area contributed by atoms with E-state index in [0.717, 1.165) is 0 Å². The van der Waals surface area contributed by atoms with Gasteiger partial charge < -0.3 is 0 Å². The first-order valence-corrected chi connectivity index (χ1v) is 6.57. The van der Waals surface area contributed by atoms with Gasteiger partial charge in [0.25, 0.3) is 0 Å². The van der Waals surface area contributed by atoms with Crippen LogP contribution >= 0.6 is 15.9 Å². The van der Waals surface area contributed by atoms with E-state index in [9.17, 15) is 83.4 Å². The fourth-order valence-electron chi connectivity index (χ4n) is 1.34. The lowest BCUT2D eigenvalue weighted by atomic mass is 9.89. The molecule has 0 aliphatic rings. The monoisotopic (exact) mass is 548 g/mol. The molecule has 0 saturated carbocycles. The lowest BCUT2D eigenvalue weighted by molar-refractivity contribution is -0.459. The molecule has 1 atom stereocenters. The highest BCUT2D eigenvalue weighted by Crippen LogP contribution is 2.65. The van der Waals surface area contributed by atoms with Gasteiger partial charge in [0.1, 0.15) is 0 Å².